The highest BCUT2D eigenvalue weighted by Gasteiger charge is 2.43. The smallest absolute Gasteiger partial charge is 0.254 e. The number of methoxy groups -OCH3 is 1. The molecule has 1 N–H and O–H groups in total. The maximum absolute atomic E-state index is 13.3. The van der Waals surface area contributed by atoms with Crippen LogP contribution in [0.5, 0.6) is 5.75 Å². The summed E-state index contributed by atoms with van der Waals surface area (Å²) in [5, 5.41) is 4.15. The van der Waals surface area contributed by atoms with Crippen molar-refractivity contribution < 1.29 is 9.53 Å². The van der Waals surface area contributed by atoms with E-state index in [1.165, 1.54) is 5.71 Å². The van der Waals surface area contributed by atoms with Gasteiger partial charge in [0.2, 0.25) is 0 Å². The monoisotopic (exact) mass is 435 g/mol. The number of amides is 1. The molecular formula is C25H33N5O2. The van der Waals surface area contributed by atoms with Crippen molar-refractivity contribution in [3.63, 3.8) is 0 Å². The van der Waals surface area contributed by atoms with Gasteiger partial charge in [-0.1, -0.05) is 12.1 Å². The number of carbonyl (C=O) groups excluding carboxylic acids is 1. The number of hydrogen-bond donors (Lipinski definition) is 1. The first-order valence-electron chi connectivity index (χ1n) is 11.6. The van der Waals surface area contributed by atoms with Crippen molar-refractivity contribution in [3.05, 3.63) is 42.1 Å². The third-order valence-electron chi connectivity index (χ3n) is 7.45. The van der Waals surface area contributed by atoms with Gasteiger partial charge in [0.05, 0.1) is 25.6 Å². The van der Waals surface area contributed by atoms with E-state index in [4.69, 9.17) is 9.73 Å². The number of aliphatic imine (C=N–C) groups is 1. The zero-order chi connectivity index (χ0) is 22.3. The lowest BCUT2D eigenvalue weighted by atomic mass is 9.87. The Kier molecular flexibility index (Phi) is 5.43. The third-order valence-corrected chi connectivity index (χ3v) is 7.45. The quantitative estimate of drug-likeness (QED) is 0.772. The fourth-order valence-corrected chi connectivity index (χ4v) is 5.76. The minimum absolute atomic E-state index is 0.0879. The number of rotatable bonds is 5. The highest BCUT2D eigenvalue weighted by molar-refractivity contribution is 6.00. The Hall–Kier alpha value is -2.83. The summed E-state index contributed by atoms with van der Waals surface area (Å²) in [7, 11) is 1.63. The molecule has 1 saturated heterocycles. The van der Waals surface area contributed by atoms with E-state index in [0.717, 1.165) is 44.8 Å². The van der Waals surface area contributed by atoms with Crippen molar-refractivity contribution in [2.24, 2.45) is 27.8 Å². The first-order valence-corrected chi connectivity index (χ1v) is 11.6. The van der Waals surface area contributed by atoms with Crippen molar-refractivity contribution in [1.82, 2.24) is 15.2 Å². The number of fused-ring (bicyclic) bond motifs is 1. The Morgan fingerprint density at radius 3 is 3.00 bits per heavy atom. The van der Waals surface area contributed by atoms with Crippen molar-refractivity contribution in [1.29, 1.82) is 0 Å². The van der Waals surface area contributed by atoms with E-state index in [2.05, 4.69) is 41.6 Å². The van der Waals surface area contributed by atoms with Crippen molar-refractivity contribution in [2.45, 2.75) is 38.3 Å². The van der Waals surface area contributed by atoms with Crippen LogP contribution < -0.4 is 10.2 Å². The molecule has 7 heteroatoms. The molecule has 0 bridgehead atoms. The fourth-order valence-electron chi connectivity index (χ4n) is 5.76. The molecule has 7 nitrogen and oxygen atoms in total. The molecule has 5 rings (SSSR count). The molecule has 4 aliphatic heterocycles. The van der Waals surface area contributed by atoms with Gasteiger partial charge in [-0.25, -0.2) is 0 Å². The van der Waals surface area contributed by atoms with Crippen LogP contribution in [0.2, 0.25) is 0 Å². The van der Waals surface area contributed by atoms with Gasteiger partial charge in [0.1, 0.15) is 5.75 Å². The molecule has 1 fully saturated rings. The summed E-state index contributed by atoms with van der Waals surface area (Å²) in [6, 6.07) is 7.91. The molecule has 0 saturated carbocycles. The molecule has 1 amide bonds. The van der Waals surface area contributed by atoms with E-state index in [1.54, 1.807) is 7.11 Å². The zero-order valence-electron chi connectivity index (χ0n) is 19.2. The second-order valence-corrected chi connectivity index (χ2v) is 10.1. The molecule has 1 aromatic rings. The number of nitrogens with zero attached hydrogens (tertiary/aromatic N) is 4. The first kappa shape index (κ1) is 21.0. The molecular weight excluding hydrogens is 402 g/mol. The van der Waals surface area contributed by atoms with Gasteiger partial charge in [-0.05, 0) is 57.0 Å². The van der Waals surface area contributed by atoms with Gasteiger partial charge in [0.25, 0.3) is 5.91 Å². The molecule has 1 aromatic carbocycles. The van der Waals surface area contributed by atoms with E-state index < -0.39 is 0 Å². The summed E-state index contributed by atoms with van der Waals surface area (Å²) < 4.78 is 5.31. The molecule has 4 atom stereocenters. The highest BCUT2D eigenvalue weighted by Crippen LogP contribution is 2.37. The average Bonchev–Trinajstić information content (AvgIpc) is 3.52. The third kappa shape index (κ3) is 3.89. The van der Waals surface area contributed by atoms with Gasteiger partial charge >= 0.3 is 0 Å². The maximum atomic E-state index is 13.3. The summed E-state index contributed by atoms with van der Waals surface area (Å²) >= 11 is 0. The van der Waals surface area contributed by atoms with Gasteiger partial charge in [0, 0.05) is 48.6 Å². The molecule has 32 heavy (non-hydrogen) atoms. The first-order chi connectivity index (χ1) is 15.4. The highest BCUT2D eigenvalue weighted by atomic mass is 16.5. The second kappa shape index (κ2) is 8.26. The minimum Gasteiger partial charge on any atom is -0.497 e. The molecule has 0 aliphatic carbocycles. The fraction of sp³-hybridized carbons (Fsp3) is 0.560. The van der Waals surface area contributed by atoms with Crippen LogP contribution in [0.1, 0.15) is 37.0 Å². The maximum Gasteiger partial charge on any atom is 0.254 e. The van der Waals surface area contributed by atoms with Crippen LogP contribution in [0.15, 0.2) is 46.6 Å². The number of likely N-dealkylation sites (tertiary alicyclic amines) is 1. The van der Waals surface area contributed by atoms with Crippen molar-refractivity contribution in [2.75, 3.05) is 33.3 Å². The topological polar surface area (TPSA) is 69.5 Å². The zero-order valence-corrected chi connectivity index (χ0v) is 19.2. The lowest BCUT2D eigenvalue weighted by Crippen LogP contribution is -2.43. The van der Waals surface area contributed by atoms with Gasteiger partial charge < -0.3 is 20.0 Å². The predicted molar refractivity (Wildman–Crippen MR) is 126 cm³/mol. The molecule has 170 valence electrons. The van der Waals surface area contributed by atoms with Crippen LogP contribution in [0, 0.1) is 17.8 Å². The second-order valence-electron chi connectivity index (χ2n) is 10.1. The number of benzene rings is 1. The normalized spacial score (nSPS) is 30.3. The van der Waals surface area contributed by atoms with Gasteiger partial charge in [-0.3, -0.25) is 9.79 Å². The summed E-state index contributed by atoms with van der Waals surface area (Å²) in [5.41, 5.74) is 4.85. The molecule has 4 aliphatic rings. The van der Waals surface area contributed by atoms with Gasteiger partial charge in [-0.2, -0.15) is 5.10 Å². The standard InChI is InChI=1S/C25H33N5O2/c1-25(2)11-17(16-30(25)24(31)19-5-4-6-21(9-19)32-3)15-29-8-7-18-10-22(26-14-23(18)29)20-12-27-28-13-20/h4-9,12,17-18,20,23,28H,10-11,13-16H2,1-3H3. The van der Waals surface area contributed by atoms with E-state index in [-0.39, 0.29) is 11.4 Å². The Morgan fingerprint density at radius 2 is 2.22 bits per heavy atom. The molecule has 0 radical (unpaired) electrons. The largest absolute Gasteiger partial charge is 0.497 e. The minimum atomic E-state index is -0.166. The van der Waals surface area contributed by atoms with Crippen LogP contribution >= 0.6 is 0 Å². The Balaban J connectivity index is 1.24. The van der Waals surface area contributed by atoms with E-state index in [9.17, 15) is 4.79 Å². The molecule has 0 spiro atoms. The van der Waals surface area contributed by atoms with Crippen LogP contribution in [-0.2, 0) is 0 Å². The number of nitrogens with one attached hydrogen (secondary N) is 1. The van der Waals surface area contributed by atoms with Crippen LogP contribution in [0.25, 0.3) is 0 Å². The summed E-state index contributed by atoms with van der Waals surface area (Å²) in [5.74, 6) is 2.13. The van der Waals surface area contributed by atoms with Crippen molar-refractivity contribution in [3.8, 4) is 5.75 Å². The van der Waals surface area contributed by atoms with Crippen molar-refractivity contribution >= 4 is 17.8 Å². The number of carbonyl (C=O) groups is 1. The lowest BCUT2D eigenvalue weighted by molar-refractivity contribution is 0.0648. The predicted octanol–water partition coefficient (Wildman–Crippen LogP) is 2.80. The lowest BCUT2D eigenvalue weighted by Gasteiger charge is -2.34. The van der Waals surface area contributed by atoms with Crippen LogP contribution in [0.3, 0.4) is 0 Å². The Morgan fingerprint density at radius 1 is 1.34 bits per heavy atom. The average molecular weight is 436 g/mol. The number of ether oxygens (including phenoxy) is 1. The number of hydrazone groups is 1. The number of hydrogen-bond acceptors (Lipinski definition) is 6. The van der Waals surface area contributed by atoms with Crippen LogP contribution in [-0.4, -0.2) is 72.5 Å². The Labute approximate surface area is 190 Å². The Bertz CT molecular complexity index is 969. The summed E-state index contributed by atoms with van der Waals surface area (Å²) in [4.78, 5) is 22.8. The SMILES string of the molecule is COc1cccc(C(=O)N2CC(CN3C=CC4CC(C5C=NNC5)=NCC43)CC2(C)C)c1. The molecule has 0 aromatic heterocycles. The summed E-state index contributed by atoms with van der Waals surface area (Å²) in [6.45, 7) is 7.84. The van der Waals surface area contributed by atoms with E-state index in [1.807, 2.05) is 35.4 Å². The van der Waals surface area contributed by atoms with Gasteiger partial charge in [0.15, 0.2) is 0 Å². The van der Waals surface area contributed by atoms with E-state index in [0.29, 0.717) is 29.4 Å². The van der Waals surface area contributed by atoms with Crippen LogP contribution in [0.4, 0.5) is 0 Å². The van der Waals surface area contributed by atoms with E-state index >= 15 is 0 Å². The summed E-state index contributed by atoms with van der Waals surface area (Å²) in [6.07, 6.45) is 8.65. The molecule has 4 unspecified atom stereocenters. The van der Waals surface area contributed by atoms with Gasteiger partial charge in [-0.15, -0.1) is 0 Å². The molecule has 4 heterocycles.